The third-order valence-electron chi connectivity index (χ3n) is 2.21. The van der Waals surface area contributed by atoms with Crippen LogP contribution in [0, 0.1) is 10.1 Å². The summed E-state index contributed by atoms with van der Waals surface area (Å²) in [4.78, 5) is 10.1. The quantitative estimate of drug-likeness (QED) is 0.456. The summed E-state index contributed by atoms with van der Waals surface area (Å²) in [6, 6.07) is 4.19. The summed E-state index contributed by atoms with van der Waals surface area (Å²) < 4.78 is 27.3. The Bertz CT molecular complexity index is 561. The predicted octanol–water partition coefficient (Wildman–Crippen LogP) is 1.80. The van der Waals surface area contributed by atoms with Crippen LogP contribution in [0.3, 0.4) is 0 Å². The minimum atomic E-state index is -3.45. The Morgan fingerprint density at radius 2 is 2.05 bits per heavy atom. The lowest BCUT2D eigenvalue weighted by Crippen LogP contribution is -2.16. The van der Waals surface area contributed by atoms with Gasteiger partial charge in [0.1, 0.15) is 5.75 Å². The second-order valence-electron chi connectivity index (χ2n) is 3.79. The van der Waals surface area contributed by atoms with Crippen molar-refractivity contribution in [3.63, 3.8) is 0 Å². The van der Waals surface area contributed by atoms with E-state index in [1.807, 2.05) is 0 Å². The zero-order valence-corrected chi connectivity index (χ0v) is 12.3. The first-order valence-corrected chi connectivity index (χ1v) is 7.87. The van der Waals surface area contributed by atoms with E-state index >= 15 is 0 Å². The zero-order valence-electron chi connectivity index (χ0n) is 9.91. The van der Waals surface area contributed by atoms with Crippen LogP contribution in [0.25, 0.3) is 0 Å². The molecule has 0 bridgehead atoms. The number of halogens is 1. The van der Waals surface area contributed by atoms with E-state index in [4.69, 9.17) is 9.88 Å². The number of unbranched alkanes of at least 4 members (excludes halogenated alkanes) is 1. The molecule has 1 rings (SSSR count). The maximum absolute atomic E-state index is 10.7. The summed E-state index contributed by atoms with van der Waals surface area (Å²) in [5, 5.41) is 15.5. The van der Waals surface area contributed by atoms with E-state index in [1.54, 1.807) is 0 Å². The fourth-order valence-corrected chi connectivity index (χ4v) is 2.27. The van der Waals surface area contributed by atoms with E-state index < -0.39 is 14.9 Å². The van der Waals surface area contributed by atoms with Gasteiger partial charge in [0.05, 0.1) is 27.8 Å². The zero-order chi connectivity index (χ0) is 14.5. The molecule has 106 valence electrons. The normalized spacial score (nSPS) is 11.3. The molecule has 0 aliphatic heterocycles. The first-order chi connectivity index (χ1) is 8.79. The smallest absolute Gasteiger partial charge is 0.273 e. The molecular formula is C10H13BrN2O5S. The first kappa shape index (κ1) is 15.9. The fraction of sp³-hybridized carbons (Fsp3) is 0.400. The number of ether oxygens (including phenoxy) is 1. The highest BCUT2D eigenvalue weighted by molar-refractivity contribution is 9.10. The molecule has 1 aromatic carbocycles. The predicted molar refractivity (Wildman–Crippen MR) is 73.5 cm³/mol. The van der Waals surface area contributed by atoms with E-state index in [0.717, 1.165) is 0 Å². The lowest BCUT2D eigenvalue weighted by Gasteiger charge is -2.07. The molecule has 2 N–H and O–H groups in total. The van der Waals surface area contributed by atoms with E-state index in [-0.39, 0.29) is 18.0 Å². The number of nitro benzene ring substituents is 1. The Labute approximate surface area is 119 Å². The summed E-state index contributed by atoms with van der Waals surface area (Å²) in [5.74, 6) is 0.247. The molecule has 0 aliphatic carbocycles. The van der Waals surface area contributed by atoms with E-state index in [1.165, 1.54) is 18.2 Å². The number of non-ortho nitro benzene ring substituents is 1. The van der Waals surface area contributed by atoms with E-state index in [0.29, 0.717) is 23.1 Å². The number of hydrogen-bond acceptors (Lipinski definition) is 5. The minimum Gasteiger partial charge on any atom is -0.492 e. The highest BCUT2D eigenvalue weighted by Crippen LogP contribution is 2.29. The number of benzene rings is 1. The third-order valence-corrected chi connectivity index (χ3v) is 3.72. The van der Waals surface area contributed by atoms with Crippen LogP contribution in [0.2, 0.25) is 0 Å². The van der Waals surface area contributed by atoms with Crippen LogP contribution in [0.4, 0.5) is 5.69 Å². The van der Waals surface area contributed by atoms with Crippen LogP contribution in [-0.4, -0.2) is 25.7 Å². The van der Waals surface area contributed by atoms with Crippen LogP contribution in [0.15, 0.2) is 22.7 Å². The average Bonchev–Trinajstić information content (AvgIpc) is 2.29. The number of nitrogens with zero attached hydrogens (tertiary/aromatic N) is 1. The Morgan fingerprint density at radius 3 is 2.63 bits per heavy atom. The maximum Gasteiger partial charge on any atom is 0.273 e. The van der Waals surface area contributed by atoms with Gasteiger partial charge in [-0.3, -0.25) is 10.1 Å². The van der Waals surface area contributed by atoms with Gasteiger partial charge in [-0.25, -0.2) is 13.6 Å². The molecule has 19 heavy (non-hydrogen) atoms. The first-order valence-electron chi connectivity index (χ1n) is 5.37. The number of rotatable bonds is 7. The van der Waals surface area contributed by atoms with Crippen molar-refractivity contribution < 1.29 is 18.1 Å². The van der Waals surface area contributed by atoms with Crippen LogP contribution >= 0.6 is 15.9 Å². The highest BCUT2D eigenvalue weighted by Gasteiger charge is 2.10. The monoisotopic (exact) mass is 352 g/mol. The van der Waals surface area contributed by atoms with Gasteiger partial charge in [-0.2, -0.15) is 0 Å². The Hall–Kier alpha value is -1.19. The van der Waals surface area contributed by atoms with Gasteiger partial charge in [0.15, 0.2) is 0 Å². The van der Waals surface area contributed by atoms with Crippen molar-refractivity contribution >= 4 is 31.6 Å². The van der Waals surface area contributed by atoms with Crippen molar-refractivity contribution in [3.8, 4) is 5.75 Å². The number of primary sulfonamides is 1. The number of nitro groups is 1. The summed E-state index contributed by atoms with van der Waals surface area (Å²) in [6.07, 6.45) is 0.872. The van der Waals surface area contributed by atoms with Crippen molar-refractivity contribution in [1.29, 1.82) is 0 Å². The van der Waals surface area contributed by atoms with Gasteiger partial charge < -0.3 is 4.74 Å². The Balaban J connectivity index is 2.49. The van der Waals surface area contributed by atoms with Gasteiger partial charge in [0, 0.05) is 6.07 Å². The molecule has 7 nitrogen and oxygen atoms in total. The molecule has 0 aliphatic rings. The molecule has 0 spiro atoms. The summed E-state index contributed by atoms with van der Waals surface area (Å²) in [6.45, 7) is 0.259. The molecule has 0 unspecified atom stereocenters. The molecule has 1 aromatic rings. The van der Waals surface area contributed by atoms with Crippen LogP contribution in [0.5, 0.6) is 5.75 Å². The molecule has 0 aromatic heterocycles. The summed E-state index contributed by atoms with van der Waals surface area (Å²) in [7, 11) is -3.45. The average molecular weight is 353 g/mol. The largest absolute Gasteiger partial charge is 0.492 e. The van der Waals surface area contributed by atoms with Gasteiger partial charge in [-0.05, 0) is 34.8 Å². The van der Waals surface area contributed by atoms with Crippen LogP contribution in [-0.2, 0) is 10.0 Å². The van der Waals surface area contributed by atoms with Gasteiger partial charge in [0.2, 0.25) is 10.0 Å². The van der Waals surface area contributed by atoms with Gasteiger partial charge in [0.25, 0.3) is 5.69 Å². The molecule has 0 saturated heterocycles. The molecule has 0 amide bonds. The molecular weight excluding hydrogens is 340 g/mol. The SMILES string of the molecule is NS(=O)(=O)CCCCOc1cc([N+](=O)[O-])ccc1Br. The number of nitrogens with two attached hydrogens (primary N) is 1. The fourth-order valence-electron chi connectivity index (χ4n) is 1.30. The maximum atomic E-state index is 10.7. The van der Waals surface area contributed by atoms with Gasteiger partial charge >= 0.3 is 0 Å². The van der Waals surface area contributed by atoms with Crippen molar-refractivity contribution in [1.82, 2.24) is 0 Å². The Morgan fingerprint density at radius 1 is 1.37 bits per heavy atom. The molecule has 0 heterocycles. The second-order valence-corrected chi connectivity index (χ2v) is 6.38. The number of sulfonamides is 1. The van der Waals surface area contributed by atoms with Crippen molar-refractivity contribution in [2.75, 3.05) is 12.4 Å². The summed E-state index contributed by atoms with van der Waals surface area (Å²) >= 11 is 3.22. The number of hydrogen-bond donors (Lipinski definition) is 1. The lowest BCUT2D eigenvalue weighted by atomic mass is 10.3. The topological polar surface area (TPSA) is 113 Å². The van der Waals surface area contributed by atoms with Crippen LogP contribution < -0.4 is 9.88 Å². The van der Waals surface area contributed by atoms with Gasteiger partial charge in [-0.1, -0.05) is 0 Å². The lowest BCUT2D eigenvalue weighted by molar-refractivity contribution is -0.385. The van der Waals surface area contributed by atoms with E-state index in [9.17, 15) is 18.5 Å². The van der Waals surface area contributed by atoms with E-state index in [2.05, 4.69) is 15.9 Å². The third kappa shape index (κ3) is 5.99. The molecule has 0 atom stereocenters. The Kier molecular flexibility index (Phi) is 5.70. The van der Waals surface area contributed by atoms with Crippen molar-refractivity contribution in [2.24, 2.45) is 5.14 Å². The van der Waals surface area contributed by atoms with Crippen LogP contribution in [0.1, 0.15) is 12.8 Å². The molecule has 9 heteroatoms. The molecule has 0 fully saturated rings. The summed E-state index contributed by atoms with van der Waals surface area (Å²) in [5.41, 5.74) is -0.0669. The molecule has 0 radical (unpaired) electrons. The standard InChI is InChI=1S/C10H13BrN2O5S/c11-9-4-3-8(13(14)15)7-10(9)18-5-1-2-6-19(12,16)17/h3-4,7H,1-2,5-6H2,(H2,12,16,17). The molecule has 0 saturated carbocycles. The van der Waals surface area contributed by atoms with Crippen molar-refractivity contribution in [3.05, 3.63) is 32.8 Å². The second kappa shape index (κ2) is 6.83. The highest BCUT2D eigenvalue weighted by atomic mass is 79.9. The van der Waals surface area contributed by atoms with Crippen molar-refractivity contribution in [2.45, 2.75) is 12.8 Å². The minimum absolute atomic E-state index is 0.0669. The van der Waals surface area contributed by atoms with Gasteiger partial charge in [-0.15, -0.1) is 0 Å².